The van der Waals surface area contributed by atoms with Gasteiger partial charge in [0.15, 0.2) is 0 Å². The van der Waals surface area contributed by atoms with Crippen LogP contribution in [0.15, 0.2) is 58.0 Å². The molecule has 0 fully saturated rings. The van der Waals surface area contributed by atoms with E-state index >= 15 is 0 Å². The summed E-state index contributed by atoms with van der Waals surface area (Å²) >= 11 is 9.27. The Morgan fingerprint density at radius 3 is 2.61 bits per heavy atom. The first-order chi connectivity index (χ1) is 15.7. The number of sulfonamides is 1. The normalized spacial score (nSPS) is 12.4. The lowest BCUT2D eigenvalue weighted by molar-refractivity contribution is 0.281. The van der Waals surface area contributed by atoms with Gasteiger partial charge in [-0.3, -0.25) is 0 Å². The molecule has 33 heavy (non-hydrogen) atoms. The maximum atomic E-state index is 12.9. The molecule has 1 heterocycles. The third-order valence-corrected chi connectivity index (χ3v) is 7.19. The van der Waals surface area contributed by atoms with Crippen molar-refractivity contribution in [2.75, 3.05) is 23.8 Å². The predicted octanol–water partition coefficient (Wildman–Crippen LogP) is 4.26. The molecule has 1 aromatic heterocycles. The molecule has 0 aliphatic carbocycles. The van der Waals surface area contributed by atoms with Gasteiger partial charge in [0.2, 0.25) is 16.0 Å². The van der Waals surface area contributed by atoms with Crippen LogP contribution in [0.3, 0.4) is 0 Å². The largest absolute Gasteiger partial charge is 0.394 e. The van der Waals surface area contributed by atoms with Gasteiger partial charge in [0.1, 0.15) is 5.82 Å². The summed E-state index contributed by atoms with van der Waals surface area (Å²) in [6, 6.07) is 12.1. The van der Waals surface area contributed by atoms with Crippen molar-refractivity contribution in [2.24, 2.45) is 0 Å². The van der Waals surface area contributed by atoms with Gasteiger partial charge in [-0.05, 0) is 71.6 Å². The summed E-state index contributed by atoms with van der Waals surface area (Å²) in [7, 11) is -3.72. The van der Waals surface area contributed by atoms with E-state index in [1.165, 1.54) is 0 Å². The van der Waals surface area contributed by atoms with Crippen LogP contribution < -0.4 is 15.4 Å². The Bertz CT molecular complexity index is 1210. The smallest absolute Gasteiger partial charge is 0.240 e. The molecule has 0 bridgehead atoms. The second kappa shape index (κ2) is 11.3. The van der Waals surface area contributed by atoms with Crippen LogP contribution in [0.2, 0.25) is 5.02 Å². The number of aliphatic hydroxyl groups excluding tert-OH is 1. The maximum absolute atomic E-state index is 12.9. The second-order valence-electron chi connectivity index (χ2n) is 7.50. The molecule has 0 spiro atoms. The first-order valence-corrected chi connectivity index (χ1v) is 12.8. The summed E-state index contributed by atoms with van der Waals surface area (Å²) in [4.78, 5) is 8.79. The van der Waals surface area contributed by atoms with Gasteiger partial charge in [-0.25, -0.2) is 18.1 Å². The molecule has 0 saturated carbocycles. The van der Waals surface area contributed by atoms with E-state index in [4.69, 9.17) is 11.6 Å². The Labute approximate surface area is 207 Å². The van der Waals surface area contributed by atoms with E-state index < -0.39 is 10.0 Å². The first-order valence-electron chi connectivity index (χ1n) is 10.2. The number of nitrogens with zero attached hydrogens (tertiary/aromatic N) is 2. The third kappa shape index (κ3) is 7.12. The topological polar surface area (TPSA) is 116 Å². The van der Waals surface area contributed by atoms with Crippen LogP contribution in [0.1, 0.15) is 18.1 Å². The van der Waals surface area contributed by atoms with Gasteiger partial charge >= 0.3 is 0 Å². The fourth-order valence-electron chi connectivity index (χ4n) is 2.96. The molecule has 0 aliphatic rings. The Morgan fingerprint density at radius 1 is 1.18 bits per heavy atom. The van der Waals surface area contributed by atoms with Crippen LogP contribution in [-0.4, -0.2) is 42.7 Å². The number of rotatable bonds is 10. The summed E-state index contributed by atoms with van der Waals surface area (Å²) in [5, 5.41) is 16.0. The van der Waals surface area contributed by atoms with Crippen molar-refractivity contribution in [3.63, 3.8) is 0 Å². The van der Waals surface area contributed by atoms with Crippen LogP contribution in [0.25, 0.3) is 0 Å². The Kier molecular flexibility index (Phi) is 8.66. The highest BCUT2D eigenvalue weighted by Gasteiger charge is 2.17. The average Bonchev–Trinajstić information content (AvgIpc) is 2.78. The number of nitrogens with one attached hydrogen (secondary N) is 3. The molecular weight excluding hydrogens is 530 g/mol. The average molecular weight is 555 g/mol. The number of hydrogen-bond donors (Lipinski definition) is 4. The van der Waals surface area contributed by atoms with Gasteiger partial charge in [-0.1, -0.05) is 29.8 Å². The summed E-state index contributed by atoms with van der Waals surface area (Å²) in [5.41, 5.74) is 2.14. The van der Waals surface area contributed by atoms with Crippen molar-refractivity contribution >= 4 is 55.0 Å². The van der Waals surface area contributed by atoms with Crippen LogP contribution in [0, 0.1) is 6.92 Å². The fraction of sp³-hybridized carbons (Fsp3) is 0.273. The monoisotopic (exact) mass is 553 g/mol. The van der Waals surface area contributed by atoms with Gasteiger partial charge in [0, 0.05) is 29.5 Å². The number of aliphatic hydroxyl groups is 1. The molecule has 3 rings (SSSR count). The van der Waals surface area contributed by atoms with Crippen molar-refractivity contribution in [1.29, 1.82) is 0 Å². The molecule has 176 valence electrons. The maximum Gasteiger partial charge on any atom is 0.240 e. The predicted molar refractivity (Wildman–Crippen MR) is 135 cm³/mol. The quantitative estimate of drug-likeness (QED) is 0.296. The molecule has 2 aromatic carbocycles. The number of hydrogen-bond acceptors (Lipinski definition) is 7. The number of halogens is 2. The molecule has 8 nitrogen and oxygen atoms in total. The van der Waals surface area contributed by atoms with Gasteiger partial charge in [-0.2, -0.15) is 4.98 Å². The summed E-state index contributed by atoms with van der Waals surface area (Å²) < 4.78 is 29.1. The zero-order valence-corrected chi connectivity index (χ0v) is 21.3. The highest BCUT2D eigenvalue weighted by atomic mass is 79.9. The standard InChI is InChI=1S/C22H25BrClN5O3S/c1-14-3-8-18(28-22-25-12-19(23)21(29-22)27-15(2)13-30)11-20(14)33(31,32)26-10-9-16-4-6-17(24)7-5-16/h3-8,11-12,15,26,30H,9-10,13H2,1-2H3,(H2,25,27,28,29)/t15-/m1/s1. The number of anilines is 3. The molecule has 4 N–H and O–H groups in total. The van der Waals surface area contributed by atoms with E-state index in [9.17, 15) is 13.5 Å². The zero-order valence-electron chi connectivity index (χ0n) is 18.1. The molecule has 3 aromatic rings. The fourth-order valence-corrected chi connectivity index (χ4v) is 4.69. The van der Waals surface area contributed by atoms with E-state index in [0.29, 0.717) is 33.0 Å². The Morgan fingerprint density at radius 2 is 1.91 bits per heavy atom. The second-order valence-corrected chi connectivity index (χ2v) is 10.5. The lowest BCUT2D eigenvalue weighted by Gasteiger charge is -2.15. The molecule has 0 amide bonds. The minimum atomic E-state index is -3.72. The Balaban J connectivity index is 1.73. The van der Waals surface area contributed by atoms with Crippen LogP contribution in [0.5, 0.6) is 0 Å². The van der Waals surface area contributed by atoms with Crippen LogP contribution >= 0.6 is 27.5 Å². The zero-order chi connectivity index (χ0) is 24.0. The van der Waals surface area contributed by atoms with Gasteiger partial charge in [-0.15, -0.1) is 0 Å². The van der Waals surface area contributed by atoms with Crippen molar-refractivity contribution in [2.45, 2.75) is 31.2 Å². The van der Waals surface area contributed by atoms with Crippen molar-refractivity contribution in [3.8, 4) is 0 Å². The molecule has 0 saturated heterocycles. The SMILES string of the molecule is Cc1ccc(Nc2ncc(Br)c(N[C@H](C)CO)n2)cc1S(=O)(=O)NCCc1ccc(Cl)cc1. The molecule has 11 heteroatoms. The lowest BCUT2D eigenvalue weighted by atomic mass is 10.2. The van der Waals surface area contributed by atoms with E-state index in [-0.39, 0.29) is 30.0 Å². The minimum absolute atomic E-state index is 0.0522. The van der Waals surface area contributed by atoms with Crippen molar-refractivity contribution in [1.82, 2.24) is 14.7 Å². The Hall–Kier alpha value is -2.24. The summed E-state index contributed by atoms with van der Waals surface area (Å²) in [6.07, 6.45) is 2.12. The molecule has 1 atom stereocenters. The van der Waals surface area contributed by atoms with Gasteiger partial charge < -0.3 is 15.7 Å². The number of aryl methyl sites for hydroxylation is 1. The number of aromatic nitrogens is 2. The number of benzene rings is 2. The summed E-state index contributed by atoms with van der Waals surface area (Å²) in [6.45, 7) is 3.77. The van der Waals surface area contributed by atoms with E-state index in [0.717, 1.165) is 5.56 Å². The van der Waals surface area contributed by atoms with Gasteiger partial charge in [0.25, 0.3) is 0 Å². The van der Waals surface area contributed by atoms with Crippen molar-refractivity contribution in [3.05, 3.63) is 69.3 Å². The molecule has 0 radical (unpaired) electrons. The minimum Gasteiger partial charge on any atom is -0.394 e. The highest BCUT2D eigenvalue weighted by Crippen LogP contribution is 2.25. The highest BCUT2D eigenvalue weighted by molar-refractivity contribution is 9.10. The van der Waals surface area contributed by atoms with E-state index in [1.807, 2.05) is 19.1 Å². The van der Waals surface area contributed by atoms with Crippen LogP contribution in [-0.2, 0) is 16.4 Å². The third-order valence-electron chi connectivity index (χ3n) is 4.75. The van der Waals surface area contributed by atoms with E-state index in [2.05, 4.69) is 41.3 Å². The molecular formula is C22H25BrClN5O3S. The molecule has 0 unspecified atom stereocenters. The van der Waals surface area contributed by atoms with Gasteiger partial charge in [0.05, 0.1) is 16.0 Å². The first kappa shape index (κ1) is 25.4. The van der Waals surface area contributed by atoms with Crippen molar-refractivity contribution < 1.29 is 13.5 Å². The molecule has 0 aliphatic heterocycles. The van der Waals surface area contributed by atoms with E-state index in [1.54, 1.807) is 43.5 Å². The lowest BCUT2D eigenvalue weighted by Crippen LogP contribution is -2.26. The van der Waals surface area contributed by atoms with Crippen LogP contribution in [0.4, 0.5) is 17.5 Å². The summed E-state index contributed by atoms with van der Waals surface area (Å²) in [5.74, 6) is 0.798.